The highest BCUT2D eigenvalue weighted by atomic mass is 16.6. The van der Waals surface area contributed by atoms with Crippen LogP contribution in [0.5, 0.6) is 0 Å². The number of unbranched alkanes of at least 4 members (excludes halogenated alkanes) is 35. The summed E-state index contributed by atoms with van der Waals surface area (Å²) in [7, 11) is 0. The van der Waals surface area contributed by atoms with Crippen molar-refractivity contribution in [2.24, 2.45) is 5.92 Å². The second-order valence-electron chi connectivity index (χ2n) is 18.6. The van der Waals surface area contributed by atoms with Crippen molar-refractivity contribution in [2.45, 2.75) is 303 Å². The van der Waals surface area contributed by atoms with Crippen LogP contribution in [-0.2, 0) is 28.6 Å². The molecule has 0 radical (unpaired) electrons. The maximum atomic E-state index is 12.7. The van der Waals surface area contributed by atoms with Gasteiger partial charge in [0.1, 0.15) is 13.2 Å². The van der Waals surface area contributed by atoms with E-state index in [1.54, 1.807) is 0 Å². The van der Waals surface area contributed by atoms with Crippen molar-refractivity contribution in [3.8, 4) is 0 Å². The molecule has 59 heavy (non-hydrogen) atoms. The highest BCUT2D eigenvalue weighted by Gasteiger charge is 2.19. The molecule has 0 aliphatic carbocycles. The van der Waals surface area contributed by atoms with Crippen LogP contribution < -0.4 is 0 Å². The fraction of sp³-hybridized carbons (Fsp3) is 0.943. The molecule has 0 amide bonds. The second kappa shape index (κ2) is 47.5. The van der Waals surface area contributed by atoms with Crippen LogP contribution >= 0.6 is 0 Å². The van der Waals surface area contributed by atoms with E-state index in [9.17, 15) is 14.4 Å². The molecule has 0 fully saturated rings. The summed E-state index contributed by atoms with van der Waals surface area (Å²) in [5, 5.41) is 0. The standard InChI is InChI=1S/C53H102O6/c1-5-7-9-11-13-15-23-28-32-36-40-44-51(54)57-47-50(59-53(56)46-42-38-34-30-24-16-14-12-10-8-6-2)48-58-52(55)45-41-37-33-29-26-22-20-18-17-19-21-25-27-31-35-39-43-49(3)4/h49-50H,5-48H2,1-4H3/t50-/m0/s1. The van der Waals surface area contributed by atoms with E-state index in [0.29, 0.717) is 19.3 Å². The smallest absolute Gasteiger partial charge is 0.306 e. The molecule has 350 valence electrons. The lowest BCUT2D eigenvalue weighted by atomic mass is 10.0. The lowest BCUT2D eigenvalue weighted by molar-refractivity contribution is -0.167. The molecule has 0 aliphatic rings. The zero-order chi connectivity index (χ0) is 43.1. The first-order valence-electron chi connectivity index (χ1n) is 26.4. The van der Waals surface area contributed by atoms with Crippen molar-refractivity contribution in [1.29, 1.82) is 0 Å². The lowest BCUT2D eigenvalue weighted by Gasteiger charge is -2.18. The Balaban J connectivity index is 4.22. The van der Waals surface area contributed by atoms with E-state index in [1.807, 2.05) is 0 Å². The molecular formula is C53H102O6. The van der Waals surface area contributed by atoms with Gasteiger partial charge in [-0.05, 0) is 25.2 Å². The molecule has 0 saturated carbocycles. The maximum absolute atomic E-state index is 12.7. The van der Waals surface area contributed by atoms with E-state index >= 15 is 0 Å². The zero-order valence-corrected chi connectivity index (χ0v) is 40.2. The number of ether oxygens (including phenoxy) is 3. The maximum Gasteiger partial charge on any atom is 0.306 e. The van der Waals surface area contributed by atoms with E-state index in [-0.39, 0.29) is 31.1 Å². The minimum absolute atomic E-state index is 0.0625. The minimum Gasteiger partial charge on any atom is -0.462 e. The van der Waals surface area contributed by atoms with Gasteiger partial charge in [-0.2, -0.15) is 0 Å². The van der Waals surface area contributed by atoms with Crippen LogP contribution in [0.2, 0.25) is 0 Å². The Labute approximate surface area is 368 Å². The third-order valence-electron chi connectivity index (χ3n) is 12.0. The summed E-state index contributed by atoms with van der Waals surface area (Å²) in [5.74, 6) is 0.00867. The third-order valence-corrected chi connectivity index (χ3v) is 12.0. The fourth-order valence-corrected chi connectivity index (χ4v) is 8.04. The van der Waals surface area contributed by atoms with E-state index < -0.39 is 6.10 Å². The molecule has 0 aliphatic heterocycles. The van der Waals surface area contributed by atoms with Crippen LogP contribution in [0.4, 0.5) is 0 Å². The normalized spacial score (nSPS) is 11.9. The first kappa shape index (κ1) is 57.4. The highest BCUT2D eigenvalue weighted by Crippen LogP contribution is 2.17. The van der Waals surface area contributed by atoms with Gasteiger partial charge in [-0.15, -0.1) is 0 Å². The molecule has 1 atom stereocenters. The Morgan fingerprint density at radius 1 is 0.322 bits per heavy atom. The van der Waals surface area contributed by atoms with Gasteiger partial charge >= 0.3 is 17.9 Å². The Kier molecular flexibility index (Phi) is 46.2. The molecule has 0 N–H and O–H groups in total. The van der Waals surface area contributed by atoms with Crippen molar-refractivity contribution in [3.63, 3.8) is 0 Å². The number of rotatable bonds is 48. The average Bonchev–Trinajstić information content (AvgIpc) is 3.22. The molecule has 0 aromatic rings. The van der Waals surface area contributed by atoms with Gasteiger partial charge in [-0.3, -0.25) is 14.4 Å². The van der Waals surface area contributed by atoms with Crippen molar-refractivity contribution in [2.75, 3.05) is 13.2 Å². The van der Waals surface area contributed by atoms with Crippen molar-refractivity contribution in [1.82, 2.24) is 0 Å². The predicted molar refractivity (Wildman–Crippen MR) is 252 cm³/mol. The molecule has 6 nitrogen and oxygen atoms in total. The SMILES string of the molecule is CCCCCCCCCCCCCC(=O)OC[C@@H](COC(=O)CCCCCCCCCCCCCCCCCCC(C)C)OC(=O)CCCCCCCCCCCCC. The topological polar surface area (TPSA) is 78.9 Å². The fourth-order valence-electron chi connectivity index (χ4n) is 8.04. The predicted octanol–water partition coefficient (Wildman–Crippen LogP) is 17.1. The first-order chi connectivity index (χ1) is 28.9. The Morgan fingerprint density at radius 2 is 0.559 bits per heavy atom. The highest BCUT2D eigenvalue weighted by molar-refractivity contribution is 5.71. The molecule has 0 bridgehead atoms. The van der Waals surface area contributed by atoms with Gasteiger partial charge in [-0.1, -0.05) is 259 Å². The molecule has 0 unspecified atom stereocenters. The van der Waals surface area contributed by atoms with Gasteiger partial charge in [0.05, 0.1) is 0 Å². The summed E-state index contributed by atoms with van der Waals surface area (Å²) in [6, 6.07) is 0. The van der Waals surface area contributed by atoms with Gasteiger partial charge in [0.25, 0.3) is 0 Å². The molecule has 0 saturated heterocycles. The molecule has 0 heterocycles. The Bertz CT molecular complexity index is 887. The number of hydrogen-bond acceptors (Lipinski definition) is 6. The number of carbonyl (C=O) groups is 3. The monoisotopic (exact) mass is 835 g/mol. The van der Waals surface area contributed by atoms with Gasteiger partial charge in [-0.25, -0.2) is 0 Å². The zero-order valence-electron chi connectivity index (χ0n) is 40.2. The molecule has 0 aromatic heterocycles. The van der Waals surface area contributed by atoms with Crippen molar-refractivity contribution < 1.29 is 28.6 Å². The van der Waals surface area contributed by atoms with Crippen LogP contribution in [0.15, 0.2) is 0 Å². The van der Waals surface area contributed by atoms with Crippen LogP contribution in [0.1, 0.15) is 297 Å². The second-order valence-corrected chi connectivity index (χ2v) is 18.6. The van der Waals surface area contributed by atoms with E-state index in [0.717, 1.165) is 63.7 Å². The van der Waals surface area contributed by atoms with Gasteiger partial charge in [0.15, 0.2) is 6.10 Å². The minimum atomic E-state index is -0.759. The van der Waals surface area contributed by atoms with Crippen molar-refractivity contribution in [3.05, 3.63) is 0 Å². The summed E-state index contributed by atoms with van der Waals surface area (Å²) in [6.45, 7) is 9.03. The Morgan fingerprint density at radius 3 is 0.831 bits per heavy atom. The quantitative estimate of drug-likeness (QED) is 0.0345. The van der Waals surface area contributed by atoms with E-state index in [1.165, 1.54) is 193 Å². The van der Waals surface area contributed by atoms with Gasteiger partial charge in [0.2, 0.25) is 0 Å². The molecule has 6 heteroatoms. The molecule has 0 rings (SSSR count). The summed E-state index contributed by atoms with van der Waals surface area (Å²) in [6.07, 6.45) is 49.4. The van der Waals surface area contributed by atoms with E-state index in [2.05, 4.69) is 27.7 Å². The number of hydrogen-bond donors (Lipinski definition) is 0. The summed E-state index contributed by atoms with van der Waals surface area (Å²) in [5.41, 5.74) is 0. The van der Waals surface area contributed by atoms with E-state index in [4.69, 9.17) is 14.2 Å². The van der Waals surface area contributed by atoms with Crippen LogP contribution in [-0.4, -0.2) is 37.2 Å². The average molecular weight is 835 g/mol. The van der Waals surface area contributed by atoms with Gasteiger partial charge < -0.3 is 14.2 Å². The Hall–Kier alpha value is -1.59. The molecule has 0 aromatic carbocycles. The number of esters is 3. The molecule has 0 spiro atoms. The summed E-state index contributed by atoms with van der Waals surface area (Å²) in [4.78, 5) is 37.9. The van der Waals surface area contributed by atoms with Crippen molar-refractivity contribution >= 4 is 17.9 Å². The molecular weight excluding hydrogens is 733 g/mol. The summed E-state index contributed by atoms with van der Waals surface area (Å²) < 4.78 is 16.8. The third kappa shape index (κ3) is 47.3. The van der Waals surface area contributed by atoms with Crippen LogP contribution in [0.3, 0.4) is 0 Å². The first-order valence-corrected chi connectivity index (χ1v) is 26.4. The largest absolute Gasteiger partial charge is 0.462 e. The lowest BCUT2D eigenvalue weighted by Crippen LogP contribution is -2.30. The van der Waals surface area contributed by atoms with Gasteiger partial charge in [0, 0.05) is 19.3 Å². The van der Waals surface area contributed by atoms with Crippen LogP contribution in [0, 0.1) is 5.92 Å². The number of carbonyl (C=O) groups excluding carboxylic acids is 3. The summed E-state index contributed by atoms with van der Waals surface area (Å²) >= 11 is 0. The van der Waals surface area contributed by atoms with Crippen LogP contribution in [0.25, 0.3) is 0 Å².